The molecule has 0 aromatic rings. The van der Waals surface area contributed by atoms with Crippen molar-refractivity contribution in [3.63, 3.8) is 0 Å². The molecule has 1 aliphatic carbocycles. The predicted octanol–water partition coefficient (Wildman–Crippen LogP) is 3.38. The Morgan fingerprint density at radius 1 is 1.21 bits per heavy atom. The van der Waals surface area contributed by atoms with E-state index in [1.54, 1.807) is 0 Å². The molecule has 1 heterocycles. The van der Waals surface area contributed by atoms with Crippen LogP contribution in [0.15, 0.2) is 0 Å². The quantitative estimate of drug-likeness (QED) is 0.712. The van der Waals surface area contributed by atoms with E-state index in [2.05, 4.69) is 39.2 Å². The predicted molar refractivity (Wildman–Crippen MR) is 98.4 cm³/mol. The highest BCUT2D eigenvalue weighted by Gasteiger charge is 2.46. The van der Waals surface area contributed by atoms with Crippen LogP contribution in [0.1, 0.15) is 60.3 Å². The molecule has 1 saturated carbocycles. The molecular weight excluding hydrogens is 322 g/mol. The molecule has 6 heteroatoms. The largest absolute Gasteiger partial charge is 0.414 e. The standard InChI is InChI=1S/C18H37NO4Si/c1-17(2,3)24(6,7)21-12-14(20)15-16(23-18(4,5)22-15)19-13-10-8-9-11-13/h13-16,19-20H,8-12H2,1-7H3/t14-,15-,16-/m1/s1. The highest BCUT2D eigenvalue weighted by atomic mass is 28.4. The van der Waals surface area contributed by atoms with Crippen LogP contribution < -0.4 is 5.32 Å². The van der Waals surface area contributed by atoms with E-state index < -0.39 is 26.3 Å². The number of ether oxygens (including phenoxy) is 2. The van der Waals surface area contributed by atoms with Crippen LogP contribution in [0.5, 0.6) is 0 Å². The number of aliphatic hydroxyl groups excluding tert-OH is 1. The zero-order chi connectivity index (χ0) is 18.2. The molecule has 2 aliphatic rings. The van der Waals surface area contributed by atoms with Gasteiger partial charge in [0.25, 0.3) is 0 Å². The Balaban J connectivity index is 1.95. The van der Waals surface area contributed by atoms with Crippen LogP contribution >= 0.6 is 0 Å². The summed E-state index contributed by atoms with van der Waals surface area (Å²) in [5.41, 5.74) is 0. The molecule has 2 N–H and O–H groups in total. The second-order valence-electron chi connectivity index (χ2n) is 9.31. The SMILES string of the molecule is CC1(C)O[C@H]([C@H](O)CO[Si](C)(C)C(C)(C)C)[C@H](NC2CCCC2)O1. The molecule has 0 aromatic carbocycles. The number of rotatable bonds is 6. The van der Waals surface area contributed by atoms with Crippen molar-refractivity contribution in [2.75, 3.05) is 6.61 Å². The van der Waals surface area contributed by atoms with Crippen molar-refractivity contribution < 1.29 is 19.0 Å². The summed E-state index contributed by atoms with van der Waals surface area (Å²) in [5, 5.41) is 14.4. The maximum absolute atomic E-state index is 10.7. The van der Waals surface area contributed by atoms with Gasteiger partial charge in [0.05, 0.1) is 6.61 Å². The highest BCUT2D eigenvalue weighted by molar-refractivity contribution is 6.74. The summed E-state index contributed by atoms with van der Waals surface area (Å²) in [4.78, 5) is 0. The van der Waals surface area contributed by atoms with Crippen LogP contribution in [0.25, 0.3) is 0 Å². The van der Waals surface area contributed by atoms with E-state index >= 15 is 0 Å². The minimum atomic E-state index is -1.89. The first kappa shape index (κ1) is 20.3. The fourth-order valence-electron chi connectivity index (χ4n) is 3.13. The van der Waals surface area contributed by atoms with Gasteiger partial charge in [-0.3, -0.25) is 5.32 Å². The molecule has 2 rings (SSSR count). The molecule has 1 aliphatic heterocycles. The van der Waals surface area contributed by atoms with Gasteiger partial charge in [0.1, 0.15) is 18.4 Å². The minimum absolute atomic E-state index is 0.126. The van der Waals surface area contributed by atoms with E-state index in [4.69, 9.17) is 13.9 Å². The molecule has 0 amide bonds. The van der Waals surface area contributed by atoms with E-state index in [0.717, 1.165) is 0 Å². The summed E-state index contributed by atoms with van der Waals surface area (Å²) in [6.07, 6.45) is 3.49. The van der Waals surface area contributed by atoms with Crippen molar-refractivity contribution in [2.45, 2.75) is 109 Å². The fraction of sp³-hybridized carbons (Fsp3) is 1.00. The summed E-state index contributed by atoms with van der Waals surface area (Å²) in [7, 11) is -1.89. The Morgan fingerprint density at radius 3 is 2.33 bits per heavy atom. The zero-order valence-corrected chi connectivity index (χ0v) is 17.5. The highest BCUT2D eigenvalue weighted by Crippen LogP contribution is 2.37. The van der Waals surface area contributed by atoms with E-state index in [9.17, 15) is 5.11 Å². The van der Waals surface area contributed by atoms with Crippen molar-refractivity contribution >= 4 is 8.32 Å². The van der Waals surface area contributed by atoms with Crippen molar-refractivity contribution in [3.8, 4) is 0 Å². The maximum atomic E-state index is 10.7. The first-order valence-corrected chi connectivity index (χ1v) is 12.3. The third-order valence-electron chi connectivity index (χ3n) is 5.68. The lowest BCUT2D eigenvalue weighted by Crippen LogP contribution is -2.50. The summed E-state index contributed by atoms with van der Waals surface area (Å²) < 4.78 is 18.2. The molecule has 0 radical (unpaired) electrons. The van der Waals surface area contributed by atoms with Gasteiger partial charge < -0.3 is 19.0 Å². The van der Waals surface area contributed by atoms with Crippen molar-refractivity contribution in [1.29, 1.82) is 0 Å². The average molecular weight is 360 g/mol. The Hall–Kier alpha value is 0.0169. The van der Waals surface area contributed by atoms with Crippen LogP contribution in [0, 0.1) is 0 Å². The molecule has 3 atom stereocenters. The second kappa shape index (κ2) is 7.33. The second-order valence-corrected chi connectivity index (χ2v) is 14.1. The first-order chi connectivity index (χ1) is 10.9. The molecule has 0 spiro atoms. The van der Waals surface area contributed by atoms with Gasteiger partial charge in [-0.25, -0.2) is 0 Å². The van der Waals surface area contributed by atoms with Gasteiger partial charge in [0, 0.05) is 6.04 Å². The van der Waals surface area contributed by atoms with Crippen molar-refractivity contribution in [3.05, 3.63) is 0 Å². The van der Waals surface area contributed by atoms with E-state index in [-0.39, 0.29) is 11.3 Å². The molecule has 0 unspecified atom stereocenters. The van der Waals surface area contributed by atoms with Crippen LogP contribution in [0.3, 0.4) is 0 Å². The van der Waals surface area contributed by atoms with Gasteiger partial charge >= 0.3 is 0 Å². The zero-order valence-electron chi connectivity index (χ0n) is 16.5. The lowest BCUT2D eigenvalue weighted by molar-refractivity contribution is -0.158. The third-order valence-corrected chi connectivity index (χ3v) is 10.2. The monoisotopic (exact) mass is 359 g/mol. The van der Waals surface area contributed by atoms with Crippen LogP contribution in [-0.2, 0) is 13.9 Å². The molecule has 2 fully saturated rings. The summed E-state index contributed by atoms with van der Waals surface area (Å²) in [5.74, 6) is -0.682. The molecular formula is C18H37NO4Si. The molecule has 142 valence electrons. The van der Waals surface area contributed by atoms with Gasteiger partial charge in [-0.1, -0.05) is 33.6 Å². The van der Waals surface area contributed by atoms with Gasteiger partial charge in [0.15, 0.2) is 14.1 Å². The Morgan fingerprint density at radius 2 is 1.79 bits per heavy atom. The van der Waals surface area contributed by atoms with Crippen molar-refractivity contribution in [1.82, 2.24) is 5.32 Å². The van der Waals surface area contributed by atoms with Gasteiger partial charge in [0.2, 0.25) is 0 Å². The third kappa shape index (κ3) is 5.02. The van der Waals surface area contributed by atoms with E-state index in [1.165, 1.54) is 25.7 Å². The smallest absolute Gasteiger partial charge is 0.192 e. The topological polar surface area (TPSA) is 60.0 Å². The number of hydrogen-bond donors (Lipinski definition) is 2. The normalized spacial score (nSPS) is 30.0. The number of hydrogen-bond acceptors (Lipinski definition) is 5. The van der Waals surface area contributed by atoms with E-state index in [1.807, 2.05) is 13.8 Å². The molecule has 0 aromatic heterocycles. The number of aliphatic hydroxyl groups is 1. The fourth-order valence-corrected chi connectivity index (χ4v) is 4.15. The summed E-state index contributed by atoms with van der Waals surface area (Å²) in [6, 6.07) is 0.462. The number of nitrogens with one attached hydrogen (secondary N) is 1. The lowest BCUT2D eigenvalue weighted by Gasteiger charge is -2.37. The van der Waals surface area contributed by atoms with Crippen LogP contribution in [-0.4, -0.2) is 50.3 Å². The maximum Gasteiger partial charge on any atom is 0.192 e. The minimum Gasteiger partial charge on any atom is -0.414 e. The Labute approximate surface area is 148 Å². The molecule has 0 bridgehead atoms. The van der Waals surface area contributed by atoms with Crippen LogP contribution in [0.4, 0.5) is 0 Å². The lowest BCUT2D eigenvalue weighted by atomic mass is 10.1. The van der Waals surface area contributed by atoms with Gasteiger partial charge in [-0.05, 0) is 44.8 Å². The molecule has 1 saturated heterocycles. The van der Waals surface area contributed by atoms with E-state index in [0.29, 0.717) is 12.6 Å². The summed E-state index contributed by atoms with van der Waals surface area (Å²) in [6.45, 7) is 15.1. The summed E-state index contributed by atoms with van der Waals surface area (Å²) >= 11 is 0. The average Bonchev–Trinajstić information content (AvgIpc) is 3.03. The van der Waals surface area contributed by atoms with Gasteiger partial charge in [-0.15, -0.1) is 0 Å². The Kier molecular flexibility index (Phi) is 6.21. The van der Waals surface area contributed by atoms with Crippen molar-refractivity contribution in [2.24, 2.45) is 0 Å². The Bertz CT molecular complexity index is 416. The van der Waals surface area contributed by atoms with Gasteiger partial charge in [-0.2, -0.15) is 0 Å². The first-order valence-electron chi connectivity index (χ1n) is 9.35. The van der Waals surface area contributed by atoms with Crippen LogP contribution in [0.2, 0.25) is 18.1 Å². The molecule has 5 nitrogen and oxygen atoms in total. The molecule has 24 heavy (non-hydrogen) atoms.